The van der Waals surface area contributed by atoms with Gasteiger partial charge in [-0.15, -0.1) is 0 Å². The van der Waals surface area contributed by atoms with Crippen molar-refractivity contribution in [1.82, 2.24) is 4.98 Å². The van der Waals surface area contributed by atoms with Crippen LogP contribution < -0.4 is 4.74 Å². The number of ether oxygens (including phenoxy) is 2. The lowest BCUT2D eigenvalue weighted by Crippen LogP contribution is -2.14. The number of carbonyl (C=O) groups is 1. The summed E-state index contributed by atoms with van der Waals surface area (Å²) < 4.78 is 10.3. The van der Waals surface area contributed by atoms with Crippen LogP contribution in [0.4, 0.5) is 0 Å². The van der Waals surface area contributed by atoms with E-state index < -0.39 is 0 Å². The standard InChI is InChI=1S/C16H15NO3/c1-2-19-16(18)10-20-11-7-8-13-12-5-3-4-6-14(12)17-15(13)9-11/h3-9,17H,2,10H2,1H3. The average molecular weight is 269 g/mol. The molecule has 0 spiro atoms. The average Bonchev–Trinajstić information content (AvgIpc) is 2.83. The van der Waals surface area contributed by atoms with Gasteiger partial charge in [-0.3, -0.25) is 0 Å². The Kier molecular flexibility index (Phi) is 3.29. The maximum absolute atomic E-state index is 11.3. The van der Waals surface area contributed by atoms with Gasteiger partial charge < -0.3 is 14.5 Å². The largest absolute Gasteiger partial charge is 0.482 e. The summed E-state index contributed by atoms with van der Waals surface area (Å²) in [4.78, 5) is 14.6. The molecule has 1 aromatic heterocycles. The van der Waals surface area contributed by atoms with Crippen LogP contribution in [-0.4, -0.2) is 24.2 Å². The maximum Gasteiger partial charge on any atom is 0.344 e. The zero-order valence-electron chi connectivity index (χ0n) is 11.2. The third-order valence-electron chi connectivity index (χ3n) is 3.14. The van der Waals surface area contributed by atoms with Crippen molar-refractivity contribution >= 4 is 27.8 Å². The lowest BCUT2D eigenvalue weighted by atomic mass is 10.1. The fourth-order valence-electron chi connectivity index (χ4n) is 2.27. The molecule has 0 bridgehead atoms. The Labute approximate surface area is 116 Å². The molecule has 3 aromatic rings. The molecule has 1 heterocycles. The number of nitrogens with one attached hydrogen (secondary N) is 1. The lowest BCUT2D eigenvalue weighted by Gasteiger charge is -2.05. The van der Waals surface area contributed by atoms with Gasteiger partial charge in [0.1, 0.15) is 5.75 Å². The zero-order chi connectivity index (χ0) is 13.9. The summed E-state index contributed by atoms with van der Waals surface area (Å²) in [5.74, 6) is 0.293. The monoisotopic (exact) mass is 269 g/mol. The first-order valence-electron chi connectivity index (χ1n) is 6.57. The molecule has 0 saturated heterocycles. The molecule has 0 saturated carbocycles. The number of esters is 1. The maximum atomic E-state index is 11.3. The third-order valence-corrected chi connectivity index (χ3v) is 3.14. The fourth-order valence-corrected chi connectivity index (χ4v) is 2.27. The van der Waals surface area contributed by atoms with E-state index in [2.05, 4.69) is 11.1 Å². The predicted molar refractivity (Wildman–Crippen MR) is 77.9 cm³/mol. The summed E-state index contributed by atoms with van der Waals surface area (Å²) in [6, 6.07) is 13.9. The van der Waals surface area contributed by atoms with Crippen molar-refractivity contribution < 1.29 is 14.3 Å². The highest BCUT2D eigenvalue weighted by Gasteiger charge is 2.06. The van der Waals surface area contributed by atoms with Gasteiger partial charge in [0.25, 0.3) is 0 Å². The molecule has 3 rings (SSSR count). The van der Waals surface area contributed by atoms with Gasteiger partial charge in [0.05, 0.1) is 12.1 Å². The van der Waals surface area contributed by atoms with Gasteiger partial charge in [0.2, 0.25) is 0 Å². The first-order chi connectivity index (χ1) is 9.78. The number of carbonyl (C=O) groups excluding carboxylic acids is 1. The van der Waals surface area contributed by atoms with Gasteiger partial charge in [0, 0.05) is 22.4 Å². The molecule has 1 N–H and O–H groups in total. The van der Waals surface area contributed by atoms with Crippen LogP contribution in [-0.2, 0) is 9.53 Å². The van der Waals surface area contributed by atoms with Crippen LogP contribution in [0, 0.1) is 0 Å². The van der Waals surface area contributed by atoms with Gasteiger partial charge in [-0.2, -0.15) is 0 Å². The number of para-hydroxylation sites is 1. The normalized spacial score (nSPS) is 10.8. The van der Waals surface area contributed by atoms with Crippen LogP contribution >= 0.6 is 0 Å². The minimum atomic E-state index is -0.357. The van der Waals surface area contributed by atoms with E-state index in [0.717, 1.165) is 16.4 Å². The molecule has 20 heavy (non-hydrogen) atoms. The molecule has 102 valence electrons. The predicted octanol–water partition coefficient (Wildman–Crippen LogP) is 3.26. The van der Waals surface area contributed by atoms with E-state index >= 15 is 0 Å². The fraction of sp³-hybridized carbons (Fsp3) is 0.188. The van der Waals surface area contributed by atoms with Crippen molar-refractivity contribution in [2.75, 3.05) is 13.2 Å². The highest BCUT2D eigenvalue weighted by molar-refractivity contribution is 6.07. The molecular weight excluding hydrogens is 254 g/mol. The Morgan fingerprint density at radius 2 is 1.90 bits per heavy atom. The first kappa shape index (κ1) is 12.5. The van der Waals surface area contributed by atoms with Crippen molar-refractivity contribution in [2.45, 2.75) is 6.92 Å². The summed E-state index contributed by atoms with van der Waals surface area (Å²) >= 11 is 0. The van der Waals surface area contributed by atoms with E-state index in [1.807, 2.05) is 36.4 Å². The van der Waals surface area contributed by atoms with Gasteiger partial charge in [-0.25, -0.2) is 4.79 Å². The highest BCUT2D eigenvalue weighted by atomic mass is 16.6. The number of aromatic amines is 1. The summed E-state index contributed by atoms with van der Waals surface area (Å²) in [6.45, 7) is 2.07. The lowest BCUT2D eigenvalue weighted by molar-refractivity contribution is -0.145. The Morgan fingerprint density at radius 1 is 1.10 bits per heavy atom. The van der Waals surface area contributed by atoms with Crippen molar-refractivity contribution in [3.63, 3.8) is 0 Å². The smallest absolute Gasteiger partial charge is 0.344 e. The molecule has 0 aliphatic carbocycles. The number of rotatable bonds is 4. The Hall–Kier alpha value is -2.49. The molecule has 0 atom stereocenters. The molecular formula is C16H15NO3. The molecule has 0 amide bonds. The minimum absolute atomic E-state index is 0.0699. The van der Waals surface area contributed by atoms with E-state index in [1.165, 1.54) is 5.39 Å². The van der Waals surface area contributed by atoms with Gasteiger partial charge in [-0.1, -0.05) is 18.2 Å². The van der Waals surface area contributed by atoms with E-state index in [4.69, 9.17) is 9.47 Å². The quantitative estimate of drug-likeness (QED) is 0.740. The van der Waals surface area contributed by atoms with Crippen LogP contribution in [0.15, 0.2) is 42.5 Å². The van der Waals surface area contributed by atoms with E-state index in [9.17, 15) is 4.79 Å². The second kappa shape index (κ2) is 5.25. The Bertz CT molecular complexity index is 761. The van der Waals surface area contributed by atoms with E-state index in [1.54, 1.807) is 6.92 Å². The molecule has 0 unspecified atom stereocenters. The molecule has 0 radical (unpaired) electrons. The van der Waals surface area contributed by atoms with Gasteiger partial charge in [0.15, 0.2) is 6.61 Å². The Morgan fingerprint density at radius 3 is 2.75 bits per heavy atom. The molecule has 0 fully saturated rings. The Balaban J connectivity index is 1.87. The summed E-state index contributed by atoms with van der Waals surface area (Å²) in [5.41, 5.74) is 2.08. The van der Waals surface area contributed by atoms with Crippen molar-refractivity contribution in [2.24, 2.45) is 0 Å². The topological polar surface area (TPSA) is 51.3 Å². The van der Waals surface area contributed by atoms with Crippen LogP contribution in [0.3, 0.4) is 0 Å². The number of hydrogen-bond donors (Lipinski definition) is 1. The summed E-state index contributed by atoms with van der Waals surface area (Å²) in [7, 11) is 0. The summed E-state index contributed by atoms with van der Waals surface area (Å²) in [6.07, 6.45) is 0. The number of aromatic nitrogens is 1. The molecule has 0 aliphatic heterocycles. The second-order valence-electron chi connectivity index (χ2n) is 4.47. The first-order valence-corrected chi connectivity index (χ1v) is 6.57. The van der Waals surface area contributed by atoms with Gasteiger partial charge >= 0.3 is 5.97 Å². The number of hydrogen-bond acceptors (Lipinski definition) is 3. The molecule has 2 aromatic carbocycles. The molecule has 4 heteroatoms. The number of fused-ring (bicyclic) bond motifs is 3. The third kappa shape index (κ3) is 2.32. The van der Waals surface area contributed by atoms with E-state index in [-0.39, 0.29) is 12.6 Å². The second-order valence-corrected chi connectivity index (χ2v) is 4.47. The summed E-state index contributed by atoms with van der Waals surface area (Å²) in [5, 5.41) is 2.32. The van der Waals surface area contributed by atoms with Crippen LogP contribution in [0.2, 0.25) is 0 Å². The van der Waals surface area contributed by atoms with E-state index in [0.29, 0.717) is 12.4 Å². The molecule has 0 aliphatic rings. The SMILES string of the molecule is CCOC(=O)COc1ccc2c(c1)[nH]c1ccccc12. The van der Waals surface area contributed by atoms with Crippen molar-refractivity contribution in [1.29, 1.82) is 0 Å². The highest BCUT2D eigenvalue weighted by Crippen LogP contribution is 2.28. The molecule has 4 nitrogen and oxygen atoms in total. The zero-order valence-corrected chi connectivity index (χ0v) is 11.2. The van der Waals surface area contributed by atoms with Crippen LogP contribution in [0.5, 0.6) is 5.75 Å². The number of H-pyrrole nitrogens is 1. The van der Waals surface area contributed by atoms with Crippen LogP contribution in [0.25, 0.3) is 21.8 Å². The van der Waals surface area contributed by atoms with Gasteiger partial charge in [-0.05, 0) is 25.1 Å². The van der Waals surface area contributed by atoms with Crippen LogP contribution in [0.1, 0.15) is 6.92 Å². The van der Waals surface area contributed by atoms with Crippen molar-refractivity contribution in [3.05, 3.63) is 42.5 Å². The van der Waals surface area contributed by atoms with Crippen molar-refractivity contribution in [3.8, 4) is 5.75 Å². The minimum Gasteiger partial charge on any atom is -0.482 e. The number of benzene rings is 2.